The summed E-state index contributed by atoms with van der Waals surface area (Å²) in [5.41, 5.74) is 4.81. The molecule has 35 heavy (non-hydrogen) atoms. The van der Waals surface area contributed by atoms with Gasteiger partial charge in [0.15, 0.2) is 0 Å². The van der Waals surface area contributed by atoms with Crippen molar-refractivity contribution in [3.63, 3.8) is 0 Å². The molecule has 0 aromatic heterocycles. The second-order valence-corrected chi connectivity index (χ2v) is 9.64. The first kappa shape index (κ1) is 26.7. The zero-order valence-electron chi connectivity index (χ0n) is 21.9. The van der Waals surface area contributed by atoms with Crippen LogP contribution in [0.1, 0.15) is 45.1 Å². The van der Waals surface area contributed by atoms with Crippen molar-refractivity contribution >= 4 is 17.8 Å². The molecular weight excluding hydrogens is 430 g/mol. The zero-order chi connectivity index (χ0) is 24.9. The molecule has 1 aliphatic heterocycles. The van der Waals surface area contributed by atoms with Gasteiger partial charge in [-0.3, -0.25) is 4.79 Å². The van der Waals surface area contributed by atoms with Crippen molar-refractivity contribution < 1.29 is 4.79 Å². The molecule has 0 saturated carbocycles. The van der Waals surface area contributed by atoms with Crippen molar-refractivity contribution in [1.82, 2.24) is 4.90 Å². The fourth-order valence-electron chi connectivity index (χ4n) is 5.02. The molecule has 4 nitrogen and oxygen atoms in total. The Balaban J connectivity index is 1.60. The number of likely N-dealkylation sites (tertiary alicyclic amines) is 1. The van der Waals surface area contributed by atoms with Gasteiger partial charge in [0, 0.05) is 33.2 Å². The lowest BCUT2D eigenvalue weighted by Crippen LogP contribution is -2.41. The van der Waals surface area contributed by atoms with E-state index in [1.807, 2.05) is 11.0 Å². The smallest absolute Gasteiger partial charge is 0.214 e. The molecule has 1 saturated heterocycles. The van der Waals surface area contributed by atoms with E-state index < -0.39 is 0 Å². The maximum Gasteiger partial charge on any atom is 0.214 e. The second kappa shape index (κ2) is 14.5. The highest BCUT2D eigenvalue weighted by molar-refractivity contribution is 5.84. The predicted molar refractivity (Wildman–Crippen MR) is 150 cm³/mol. The lowest BCUT2D eigenvalue weighted by molar-refractivity contribution is -0.107. The Hall–Kier alpha value is -2.85. The van der Waals surface area contributed by atoms with Crippen molar-refractivity contribution in [2.45, 2.75) is 46.0 Å². The molecule has 188 valence electrons. The van der Waals surface area contributed by atoms with Gasteiger partial charge in [-0.1, -0.05) is 73.2 Å². The highest BCUT2D eigenvalue weighted by atomic mass is 16.1. The van der Waals surface area contributed by atoms with Crippen LogP contribution < -0.4 is 9.80 Å². The zero-order valence-corrected chi connectivity index (χ0v) is 21.9. The molecule has 3 rings (SSSR count). The van der Waals surface area contributed by atoms with Gasteiger partial charge < -0.3 is 14.7 Å². The summed E-state index contributed by atoms with van der Waals surface area (Å²) in [4.78, 5) is 18.9. The van der Waals surface area contributed by atoms with Crippen LogP contribution in [-0.2, 0) is 11.2 Å². The number of carbonyl (C=O) groups excluding carboxylic acids is 1. The summed E-state index contributed by atoms with van der Waals surface area (Å²) < 4.78 is 0. The fourth-order valence-corrected chi connectivity index (χ4v) is 5.02. The molecule has 0 bridgehead atoms. The molecule has 0 spiro atoms. The first-order valence-corrected chi connectivity index (χ1v) is 13.2. The molecule has 2 aromatic rings. The van der Waals surface area contributed by atoms with Gasteiger partial charge in [0.2, 0.25) is 6.41 Å². The van der Waals surface area contributed by atoms with E-state index >= 15 is 0 Å². The molecule has 0 N–H and O–H groups in total. The monoisotopic (exact) mass is 473 g/mol. The third-order valence-corrected chi connectivity index (χ3v) is 7.00. The normalized spacial score (nSPS) is 17.0. The minimum Gasteiger partial charge on any atom is -0.373 e. The van der Waals surface area contributed by atoms with Crippen LogP contribution in [0.5, 0.6) is 0 Å². The molecule has 1 fully saturated rings. The number of rotatable bonds is 13. The molecule has 4 heteroatoms. The van der Waals surface area contributed by atoms with Gasteiger partial charge >= 0.3 is 0 Å². The van der Waals surface area contributed by atoms with E-state index in [1.165, 1.54) is 30.5 Å². The number of anilines is 2. The summed E-state index contributed by atoms with van der Waals surface area (Å²) in [5, 5.41) is 0. The Kier molecular flexibility index (Phi) is 11.1. The van der Waals surface area contributed by atoms with E-state index in [0.29, 0.717) is 12.5 Å². The average molecular weight is 474 g/mol. The SMILES string of the molecule is C/C=C(\C=C/CC)CCN(C=O)c1ccccc1N(C)CC1CCCN(CCc2ccccc2)C1. The van der Waals surface area contributed by atoms with E-state index in [9.17, 15) is 4.79 Å². The van der Waals surface area contributed by atoms with Crippen LogP contribution >= 0.6 is 0 Å². The molecule has 0 aliphatic carbocycles. The number of carbonyl (C=O) groups is 1. The largest absolute Gasteiger partial charge is 0.373 e. The third kappa shape index (κ3) is 8.40. The van der Waals surface area contributed by atoms with Crippen molar-refractivity contribution in [3.05, 3.63) is 84.0 Å². The third-order valence-electron chi connectivity index (χ3n) is 7.00. The Bertz CT molecular complexity index is 953. The predicted octanol–water partition coefficient (Wildman–Crippen LogP) is 6.34. The van der Waals surface area contributed by atoms with Crippen LogP contribution in [0.25, 0.3) is 0 Å². The topological polar surface area (TPSA) is 26.8 Å². The molecule has 1 heterocycles. The molecular formula is C31H43N3O. The van der Waals surface area contributed by atoms with Crippen molar-refractivity contribution in [1.29, 1.82) is 0 Å². The average Bonchev–Trinajstić information content (AvgIpc) is 2.90. The highest BCUT2D eigenvalue weighted by Crippen LogP contribution is 2.30. The first-order chi connectivity index (χ1) is 17.1. The second-order valence-electron chi connectivity index (χ2n) is 9.64. The van der Waals surface area contributed by atoms with Crippen LogP contribution in [0.4, 0.5) is 11.4 Å². The summed E-state index contributed by atoms with van der Waals surface area (Å²) in [6.07, 6.45) is 13.0. The van der Waals surface area contributed by atoms with Crippen molar-refractivity contribution in [2.24, 2.45) is 5.92 Å². The van der Waals surface area contributed by atoms with Crippen LogP contribution in [0.2, 0.25) is 0 Å². The van der Waals surface area contributed by atoms with E-state index in [2.05, 4.69) is 97.5 Å². The number of nitrogens with zero attached hydrogens (tertiary/aromatic N) is 3. The van der Waals surface area contributed by atoms with Crippen LogP contribution in [0.15, 0.2) is 78.4 Å². The Morgan fingerprint density at radius 1 is 1.09 bits per heavy atom. The lowest BCUT2D eigenvalue weighted by atomic mass is 9.96. The summed E-state index contributed by atoms with van der Waals surface area (Å²) in [7, 11) is 2.17. The van der Waals surface area contributed by atoms with E-state index in [-0.39, 0.29) is 0 Å². The molecule has 0 radical (unpaired) electrons. The minimum absolute atomic E-state index is 0.635. The Labute approximate surface area is 212 Å². The minimum atomic E-state index is 0.635. The van der Waals surface area contributed by atoms with E-state index in [0.717, 1.165) is 56.7 Å². The number of amides is 1. The van der Waals surface area contributed by atoms with E-state index in [1.54, 1.807) is 0 Å². The molecule has 1 atom stereocenters. The first-order valence-electron chi connectivity index (χ1n) is 13.2. The number of benzene rings is 2. The number of para-hydroxylation sites is 2. The fraction of sp³-hybridized carbons (Fsp3) is 0.452. The quantitative estimate of drug-likeness (QED) is 0.251. The molecule has 1 amide bonds. The van der Waals surface area contributed by atoms with Gasteiger partial charge in [0.25, 0.3) is 0 Å². The molecule has 2 aromatic carbocycles. The van der Waals surface area contributed by atoms with Gasteiger partial charge in [-0.15, -0.1) is 0 Å². The van der Waals surface area contributed by atoms with Gasteiger partial charge in [-0.05, 0) is 69.2 Å². The van der Waals surface area contributed by atoms with Crippen LogP contribution in [0, 0.1) is 5.92 Å². The molecule has 1 aliphatic rings. The summed E-state index contributed by atoms with van der Waals surface area (Å²) in [6.45, 7) is 9.36. The molecule has 1 unspecified atom stereocenters. The summed E-state index contributed by atoms with van der Waals surface area (Å²) >= 11 is 0. The highest BCUT2D eigenvalue weighted by Gasteiger charge is 2.22. The van der Waals surface area contributed by atoms with Crippen LogP contribution in [0.3, 0.4) is 0 Å². The number of allylic oxidation sites excluding steroid dienone is 3. The van der Waals surface area contributed by atoms with Gasteiger partial charge in [-0.25, -0.2) is 0 Å². The van der Waals surface area contributed by atoms with E-state index in [4.69, 9.17) is 0 Å². The maximum absolute atomic E-state index is 12.1. The summed E-state index contributed by atoms with van der Waals surface area (Å²) in [5.74, 6) is 0.635. The van der Waals surface area contributed by atoms with Crippen LogP contribution in [-0.4, -0.2) is 51.1 Å². The Morgan fingerprint density at radius 2 is 1.83 bits per heavy atom. The maximum atomic E-state index is 12.1. The van der Waals surface area contributed by atoms with Gasteiger partial charge in [0.05, 0.1) is 11.4 Å². The number of hydrogen-bond donors (Lipinski definition) is 0. The van der Waals surface area contributed by atoms with Crippen molar-refractivity contribution in [3.8, 4) is 0 Å². The lowest BCUT2D eigenvalue weighted by Gasteiger charge is -2.36. The number of hydrogen-bond acceptors (Lipinski definition) is 3. The van der Waals surface area contributed by atoms with Gasteiger partial charge in [0.1, 0.15) is 0 Å². The van der Waals surface area contributed by atoms with Gasteiger partial charge in [-0.2, -0.15) is 0 Å². The van der Waals surface area contributed by atoms with Crippen molar-refractivity contribution in [2.75, 3.05) is 49.6 Å². The standard InChI is InChI=1S/C31H43N3O/c1-4-6-13-27(5-2)20-23-34(26-35)31-18-11-10-17-30(31)32(3)24-29-16-12-21-33(25-29)22-19-28-14-8-7-9-15-28/h5-11,13-15,17-18,26,29H,4,12,16,19-25H2,1-3H3/b13-6-,27-5+. The number of piperidine rings is 1. The Morgan fingerprint density at radius 3 is 2.54 bits per heavy atom. The summed E-state index contributed by atoms with van der Waals surface area (Å²) in [6, 6.07) is 19.1.